The van der Waals surface area contributed by atoms with Gasteiger partial charge in [-0.3, -0.25) is 15.0 Å². The molecule has 0 radical (unpaired) electrons. The lowest BCUT2D eigenvalue weighted by molar-refractivity contribution is -0.141. The molecule has 0 aromatic carbocycles. The van der Waals surface area contributed by atoms with Crippen LogP contribution in [-0.2, 0) is 19.1 Å². The highest BCUT2D eigenvalue weighted by Crippen LogP contribution is 2.08. The first-order valence-corrected chi connectivity index (χ1v) is 8.18. The zero-order valence-electron chi connectivity index (χ0n) is 15.7. The Kier molecular flexibility index (Phi) is 10.2. The fourth-order valence-electron chi connectivity index (χ4n) is 1.82. The van der Waals surface area contributed by atoms with Gasteiger partial charge >= 0.3 is 12.1 Å². The summed E-state index contributed by atoms with van der Waals surface area (Å²) in [5.41, 5.74) is -0.678. The fourth-order valence-corrected chi connectivity index (χ4v) is 1.82. The van der Waals surface area contributed by atoms with Gasteiger partial charge in [-0.1, -0.05) is 0 Å². The molecule has 2 amide bonds. The maximum absolute atomic E-state index is 12.2. The van der Waals surface area contributed by atoms with Gasteiger partial charge in [0.25, 0.3) is 0 Å². The summed E-state index contributed by atoms with van der Waals surface area (Å²) in [6.07, 6.45) is 1.06. The zero-order chi connectivity index (χ0) is 19.5. The maximum Gasteiger partial charge on any atom is 0.408 e. The van der Waals surface area contributed by atoms with E-state index in [4.69, 9.17) is 10.1 Å². The molecule has 0 bridgehead atoms. The van der Waals surface area contributed by atoms with Crippen molar-refractivity contribution in [2.75, 3.05) is 20.2 Å². The van der Waals surface area contributed by atoms with E-state index in [1.807, 2.05) is 0 Å². The Hall–Kier alpha value is -2.32. The van der Waals surface area contributed by atoms with Crippen LogP contribution in [0.25, 0.3) is 0 Å². The standard InChI is InChI=1S/C16H30N4O5/c1-11(17)18-9-7-6-8-12(14(22)19-10-13(21)24-5)20-15(23)25-16(2,3)4/h12H,6-10H2,1-5H3,(H2,17,18)(H,19,22)(H,20,23). The number of ether oxygens (including phenoxy) is 2. The third-order valence-electron chi connectivity index (χ3n) is 2.95. The number of carbonyl (C=O) groups excluding carboxylic acids is 3. The molecule has 0 fully saturated rings. The zero-order valence-corrected chi connectivity index (χ0v) is 15.7. The minimum absolute atomic E-state index is 0.267. The van der Waals surface area contributed by atoms with E-state index < -0.39 is 29.6 Å². The second-order valence-electron chi connectivity index (χ2n) is 6.54. The average molecular weight is 358 g/mol. The van der Waals surface area contributed by atoms with Gasteiger partial charge < -0.3 is 25.4 Å². The molecule has 9 heteroatoms. The lowest BCUT2D eigenvalue weighted by Gasteiger charge is -2.23. The van der Waals surface area contributed by atoms with E-state index >= 15 is 0 Å². The SMILES string of the molecule is COC(=O)CNC(=O)C(CCCCNC(C)=N)NC(=O)OC(C)(C)C. The number of esters is 1. The van der Waals surface area contributed by atoms with E-state index in [2.05, 4.69) is 20.7 Å². The minimum Gasteiger partial charge on any atom is -0.468 e. The summed E-state index contributed by atoms with van der Waals surface area (Å²) in [6.45, 7) is 7.17. The van der Waals surface area contributed by atoms with Crippen molar-refractivity contribution in [2.45, 2.75) is 58.6 Å². The molecule has 0 rings (SSSR count). The van der Waals surface area contributed by atoms with Gasteiger partial charge in [-0.15, -0.1) is 0 Å². The Bertz CT molecular complexity index is 474. The van der Waals surface area contributed by atoms with Gasteiger partial charge in [0, 0.05) is 6.54 Å². The van der Waals surface area contributed by atoms with Crippen LogP contribution in [0.2, 0.25) is 0 Å². The first kappa shape index (κ1) is 22.7. The lowest BCUT2D eigenvalue weighted by Crippen LogP contribution is -2.49. The molecule has 0 aliphatic heterocycles. The van der Waals surface area contributed by atoms with Gasteiger partial charge in [0.15, 0.2) is 0 Å². The number of hydrogen-bond donors (Lipinski definition) is 4. The van der Waals surface area contributed by atoms with Crippen LogP contribution in [0.5, 0.6) is 0 Å². The molecule has 0 aromatic rings. The Morgan fingerprint density at radius 3 is 2.28 bits per heavy atom. The van der Waals surface area contributed by atoms with Crippen LogP contribution in [0, 0.1) is 5.41 Å². The Balaban J connectivity index is 4.58. The van der Waals surface area contributed by atoms with Crippen LogP contribution in [0.1, 0.15) is 47.0 Å². The minimum atomic E-state index is -0.819. The van der Waals surface area contributed by atoms with Crippen LogP contribution in [-0.4, -0.2) is 55.6 Å². The number of hydrogen-bond acceptors (Lipinski definition) is 6. The number of nitrogens with one attached hydrogen (secondary N) is 4. The smallest absolute Gasteiger partial charge is 0.408 e. The fraction of sp³-hybridized carbons (Fsp3) is 0.750. The van der Waals surface area contributed by atoms with Gasteiger partial charge in [0.1, 0.15) is 18.2 Å². The third kappa shape index (κ3) is 12.7. The summed E-state index contributed by atoms with van der Waals surface area (Å²) in [6, 6.07) is -0.819. The summed E-state index contributed by atoms with van der Waals surface area (Å²) in [5.74, 6) is -0.679. The molecule has 0 aliphatic rings. The monoisotopic (exact) mass is 358 g/mol. The van der Waals surface area contributed by atoms with Gasteiger partial charge in [-0.05, 0) is 47.0 Å². The molecule has 0 spiro atoms. The van der Waals surface area contributed by atoms with Crippen molar-refractivity contribution < 1.29 is 23.9 Å². The topological polar surface area (TPSA) is 130 Å². The van der Waals surface area contributed by atoms with Crippen LogP contribution in [0.15, 0.2) is 0 Å². The van der Waals surface area contributed by atoms with Gasteiger partial charge in [0.05, 0.1) is 12.9 Å². The molecular formula is C16H30N4O5. The van der Waals surface area contributed by atoms with Crippen molar-refractivity contribution in [3.8, 4) is 0 Å². The number of carbonyl (C=O) groups is 3. The van der Waals surface area contributed by atoms with E-state index in [1.54, 1.807) is 27.7 Å². The first-order valence-electron chi connectivity index (χ1n) is 8.18. The molecule has 1 unspecified atom stereocenters. The molecule has 9 nitrogen and oxygen atoms in total. The van der Waals surface area contributed by atoms with Crippen molar-refractivity contribution in [1.82, 2.24) is 16.0 Å². The normalized spacial score (nSPS) is 11.9. The highest BCUT2D eigenvalue weighted by molar-refractivity contribution is 5.88. The number of amides is 2. The highest BCUT2D eigenvalue weighted by atomic mass is 16.6. The molecule has 25 heavy (non-hydrogen) atoms. The number of unbranched alkanes of at least 4 members (excludes halogenated alkanes) is 1. The van der Waals surface area contributed by atoms with Gasteiger partial charge in [-0.25, -0.2) is 4.79 Å². The summed E-state index contributed by atoms with van der Waals surface area (Å²) in [7, 11) is 1.23. The van der Waals surface area contributed by atoms with E-state index in [9.17, 15) is 14.4 Å². The summed E-state index contributed by atoms with van der Waals surface area (Å²) >= 11 is 0. The molecule has 1 atom stereocenters. The van der Waals surface area contributed by atoms with Crippen molar-refractivity contribution in [2.24, 2.45) is 0 Å². The highest BCUT2D eigenvalue weighted by Gasteiger charge is 2.24. The van der Waals surface area contributed by atoms with E-state index in [-0.39, 0.29) is 6.54 Å². The number of amidine groups is 1. The third-order valence-corrected chi connectivity index (χ3v) is 2.95. The second-order valence-corrected chi connectivity index (χ2v) is 6.54. The van der Waals surface area contributed by atoms with E-state index in [0.29, 0.717) is 25.2 Å². The molecule has 0 saturated carbocycles. The molecule has 0 saturated heterocycles. The van der Waals surface area contributed by atoms with Crippen LogP contribution < -0.4 is 16.0 Å². The summed E-state index contributed by atoms with van der Waals surface area (Å²) < 4.78 is 9.63. The van der Waals surface area contributed by atoms with E-state index in [1.165, 1.54) is 7.11 Å². The summed E-state index contributed by atoms with van der Waals surface area (Å²) in [4.78, 5) is 35.2. The predicted octanol–water partition coefficient (Wildman–Crippen LogP) is 0.926. The Morgan fingerprint density at radius 2 is 1.76 bits per heavy atom. The van der Waals surface area contributed by atoms with Crippen molar-refractivity contribution in [3.63, 3.8) is 0 Å². The predicted molar refractivity (Wildman–Crippen MR) is 93.4 cm³/mol. The number of rotatable bonds is 9. The largest absolute Gasteiger partial charge is 0.468 e. The van der Waals surface area contributed by atoms with Crippen LogP contribution in [0.3, 0.4) is 0 Å². The maximum atomic E-state index is 12.2. The first-order chi connectivity index (χ1) is 11.5. The van der Waals surface area contributed by atoms with Crippen molar-refractivity contribution >= 4 is 23.8 Å². The molecular weight excluding hydrogens is 328 g/mol. The quantitative estimate of drug-likeness (QED) is 0.210. The molecule has 0 aromatic heterocycles. The van der Waals surface area contributed by atoms with E-state index in [0.717, 1.165) is 6.42 Å². The van der Waals surface area contributed by atoms with Gasteiger partial charge in [0.2, 0.25) is 5.91 Å². The number of alkyl carbamates (subject to hydrolysis) is 1. The summed E-state index contributed by atoms with van der Waals surface area (Å²) in [5, 5.41) is 15.1. The van der Waals surface area contributed by atoms with Crippen molar-refractivity contribution in [1.29, 1.82) is 5.41 Å². The van der Waals surface area contributed by atoms with Crippen LogP contribution >= 0.6 is 0 Å². The lowest BCUT2D eigenvalue weighted by atomic mass is 10.1. The van der Waals surface area contributed by atoms with Crippen LogP contribution in [0.4, 0.5) is 4.79 Å². The molecule has 0 heterocycles. The Morgan fingerprint density at radius 1 is 1.12 bits per heavy atom. The second kappa shape index (κ2) is 11.3. The molecule has 0 aliphatic carbocycles. The van der Waals surface area contributed by atoms with Crippen molar-refractivity contribution in [3.05, 3.63) is 0 Å². The average Bonchev–Trinajstić information content (AvgIpc) is 2.48. The molecule has 144 valence electrons. The Labute approximate surface area is 148 Å². The molecule has 4 N–H and O–H groups in total. The van der Waals surface area contributed by atoms with Gasteiger partial charge in [-0.2, -0.15) is 0 Å². The number of methoxy groups -OCH3 is 1.